The fraction of sp³-hybridized carbons (Fsp3) is 0.500. The summed E-state index contributed by atoms with van der Waals surface area (Å²) < 4.78 is 6.87. The van der Waals surface area contributed by atoms with Crippen LogP contribution < -0.4 is 16.2 Å². The summed E-state index contributed by atoms with van der Waals surface area (Å²) in [5.74, 6) is -0.531. The molecule has 1 saturated carbocycles. The molecule has 1 aromatic carbocycles. The first kappa shape index (κ1) is 28.1. The highest BCUT2D eigenvalue weighted by atomic mass is 16.6. The number of nitrogens with one attached hydrogen (secondary N) is 2. The molecule has 0 saturated heterocycles. The zero-order valence-electron chi connectivity index (χ0n) is 22.4. The number of rotatable bonds is 5. The lowest BCUT2D eigenvalue weighted by Gasteiger charge is -2.26. The average Bonchev–Trinajstić information content (AvgIpc) is 3.71. The average molecular weight is 511 g/mol. The molecule has 2 heterocycles. The van der Waals surface area contributed by atoms with Gasteiger partial charge in [-0.05, 0) is 76.3 Å². The van der Waals surface area contributed by atoms with Gasteiger partial charge in [-0.3, -0.25) is 14.4 Å². The van der Waals surface area contributed by atoms with Crippen molar-refractivity contribution in [3.8, 4) is 0 Å². The highest BCUT2D eigenvalue weighted by Crippen LogP contribution is 2.20. The predicted molar refractivity (Wildman–Crippen MR) is 142 cm³/mol. The Morgan fingerprint density at radius 1 is 1.08 bits per heavy atom. The number of aldehydes is 1. The first-order chi connectivity index (χ1) is 17.5. The predicted octanol–water partition coefficient (Wildman–Crippen LogP) is 2.77. The molecule has 37 heavy (non-hydrogen) atoms. The van der Waals surface area contributed by atoms with E-state index in [4.69, 9.17) is 4.74 Å². The van der Waals surface area contributed by atoms with Crippen molar-refractivity contribution in [3.63, 3.8) is 0 Å². The maximum Gasteiger partial charge on any atom is 0.410 e. The van der Waals surface area contributed by atoms with Crippen LogP contribution in [0.15, 0.2) is 35.3 Å². The molecule has 2 amide bonds. The van der Waals surface area contributed by atoms with Gasteiger partial charge in [-0.15, -0.1) is 0 Å². The third-order valence-corrected chi connectivity index (χ3v) is 6.28. The molecule has 0 atom stereocenters. The molecule has 0 unspecified atom stereocenters. The van der Waals surface area contributed by atoms with Crippen molar-refractivity contribution in [1.29, 1.82) is 0 Å². The number of benzene rings is 1. The van der Waals surface area contributed by atoms with Crippen molar-refractivity contribution < 1.29 is 19.1 Å². The van der Waals surface area contributed by atoms with Crippen LogP contribution in [0.3, 0.4) is 0 Å². The Balaban J connectivity index is 0.000000678. The fourth-order valence-corrected chi connectivity index (χ4v) is 4.09. The number of ether oxygens (including phenoxy) is 1. The minimum Gasteiger partial charge on any atom is -0.444 e. The number of fused-ring (bicyclic) bond motifs is 1. The summed E-state index contributed by atoms with van der Waals surface area (Å²) >= 11 is 0. The first-order valence-electron chi connectivity index (χ1n) is 12.7. The van der Waals surface area contributed by atoms with E-state index in [2.05, 4.69) is 10.6 Å². The molecule has 1 aliphatic heterocycles. The van der Waals surface area contributed by atoms with Crippen molar-refractivity contribution in [2.45, 2.75) is 64.6 Å². The molecule has 4 rings (SSSR count). The van der Waals surface area contributed by atoms with E-state index in [1.807, 2.05) is 46.0 Å². The van der Waals surface area contributed by atoms with Crippen molar-refractivity contribution in [2.75, 3.05) is 27.2 Å². The Hall–Kier alpha value is -3.46. The second-order valence-corrected chi connectivity index (χ2v) is 10.5. The second kappa shape index (κ2) is 12.2. The summed E-state index contributed by atoms with van der Waals surface area (Å²) in [4.78, 5) is 50.2. The van der Waals surface area contributed by atoms with Gasteiger partial charge >= 0.3 is 6.09 Å². The molecule has 1 aliphatic carbocycles. The molecule has 200 valence electrons. The summed E-state index contributed by atoms with van der Waals surface area (Å²) in [5.41, 5.74) is 2.33. The van der Waals surface area contributed by atoms with Crippen molar-refractivity contribution >= 4 is 18.3 Å². The zero-order chi connectivity index (χ0) is 27.2. The van der Waals surface area contributed by atoms with Gasteiger partial charge in [-0.25, -0.2) is 4.79 Å². The molecular weight excluding hydrogens is 472 g/mol. The maximum atomic E-state index is 12.7. The quantitative estimate of drug-likeness (QED) is 0.599. The molecular formula is C28H38N4O5. The monoisotopic (exact) mass is 510 g/mol. The van der Waals surface area contributed by atoms with Crippen molar-refractivity contribution in [2.24, 2.45) is 0 Å². The summed E-state index contributed by atoms with van der Waals surface area (Å²) in [7, 11) is 3.45. The van der Waals surface area contributed by atoms with E-state index < -0.39 is 17.1 Å². The van der Waals surface area contributed by atoms with Crippen LogP contribution in [0.5, 0.6) is 0 Å². The number of hydrogen-bond donors (Lipinski definition) is 2. The van der Waals surface area contributed by atoms with Crippen molar-refractivity contribution in [3.05, 3.63) is 68.6 Å². The lowest BCUT2D eigenvalue weighted by Crippen LogP contribution is -2.38. The molecule has 0 spiro atoms. The smallest absolute Gasteiger partial charge is 0.410 e. The van der Waals surface area contributed by atoms with E-state index >= 15 is 0 Å². The van der Waals surface area contributed by atoms with Crippen LogP contribution in [0.4, 0.5) is 4.79 Å². The summed E-state index contributed by atoms with van der Waals surface area (Å²) in [5, 5.41) is 5.57. The first-order valence-corrected chi connectivity index (χ1v) is 12.7. The molecule has 2 aliphatic rings. The Labute approximate surface area is 218 Å². The molecule has 0 bridgehead atoms. The van der Waals surface area contributed by atoms with Crippen LogP contribution in [0.2, 0.25) is 0 Å². The highest BCUT2D eigenvalue weighted by molar-refractivity contribution is 5.95. The van der Waals surface area contributed by atoms with Crippen LogP contribution in [-0.4, -0.2) is 66.6 Å². The lowest BCUT2D eigenvalue weighted by molar-refractivity contribution is 0.0258. The number of aromatic nitrogens is 1. The largest absolute Gasteiger partial charge is 0.444 e. The zero-order valence-corrected chi connectivity index (χ0v) is 22.4. The third-order valence-electron chi connectivity index (χ3n) is 6.28. The van der Waals surface area contributed by atoms with E-state index in [-0.39, 0.29) is 23.8 Å². The second-order valence-electron chi connectivity index (χ2n) is 10.5. The third kappa shape index (κ3) is 8.01. The van der Waals surface area contributed by atoms with E-state index in [9.17, 15) is 19.2 Å². The van der Waals surface area contributed by atoms with Gasteiger partial charge in [0.25, 0.3) is 11.5 Å². The summed E-state index contributed by atoms with van der Waals surface area (Å²) in [6.45, 7) is 6.90. The van der Waals surface area contributed by atoms with Gasteiger partial charge in [-0.1, -0.05) is 18.2 Å². The number of nitrogens with zero attached hydrogens (tertiary/aromatic N) is 2. The highest BCUT2D eigenvalue weighted by Gasteiger charge is 2.24. The molecule has 0 radical (unpaired) electrons. The number of carbonyl (C=O) groups excluding carboxylic acids is 3. The molecule has 1 aromatic heterocycles. The van der Waals surface area contributed by atoms with Gasteiger partial charge in [-0.2, -0.15) is 0 Å². The number of pyridine rings is 1. The number of amides is 2. The van der Waals surface area contributed by atoms with Gasteiger partial charge in [0.15, 0.2) is 6.29 Å². The van der Waals surface area contributed by atoms with Gasteiger partial charge in [0.05, 0.1) is 6.54 Å². The minimum absolute atomic E-state index is 0.0696. The van der Waals surface area contributed by atoms with Gasteiger partial charge in [0.1, 0.15) is 11.2 Å². The Morgan fingerprint density at radius 2 is 1.76 bits per heavy atom. The molecule has 2 N–H and O–H groups in total. The van der Waals surface area contributed by atoms with E-state index in [0.717, 1.165) is 29.2 Å². The van der Waals surface area contributed by atoms with Crippen molar-refractivity contribution in [1.82, 2.24) is 20.1 Å². The number of hydrogen-bond acceptors (Lipinski definition) is 6. The van der Waals surface area contributed by atoms with Gasteiger partial charge in [0, 0.05) is 37.9 Å². The molecule has 2 aromatic rings. The summed E-state index contributed by atoms with van der Waals surface area (Å²) in [6.07, 6.45) is 5.95. The van der Waals surface area contributed by atoms with Gasteiger partial charge < -0.3 is 24.8 Å². The van der Waals surface area contributed by atoms with E-state index in [1.165, 1.54) is 36.7 Å². The SMILES string of the molecule is CNC(=O)c1cc(C=O)cn(Cc2ccc3c(c2)CCN(C(=O)OC(C)(C)C)CC3)c1=O.CNC1CC1. The minimum atomic E-state index is -0.541. The normalized spacial score (nSPS) is 15.0. The van der Waals surface area contributed by atoms with Gasteiger partial charge in [0.2, 0.25) is 0 Å². The standard InChI is InChI=1S/C24H29N3O5.C4H9N/c1-24(2,3)32-23(31)26-9-7-18-6-5-16(11-19(18)8-10-26)13-27-14-17(15-28)12-20(22(27)30)21(29)25-4;1-5-4-2-3-4/h5-6,11-12,14-15H,7-10,13H2,1-4H3,(H,25,29);4-5H,2-3H2,1H3. The number of carbonyl (C=O) groups is 3. The van der Waals surface area contributed by atoms with Crippen LogP contribution in [0.25, 0.3) is 0 Å². The Morgan fingerprint density at radius 3 is 2.30 bits per heavy atom. The maximum absolute atomic E-state index is 12.7. The Kier molecular flexibility index (Phi) is 9.26. The van der Waals surface area contributed by atoms with Crippen LogP contribution in [-0.2, 0) is 24.1 Å². The molecule has 9 heteroatoms. The lowest BCUT2D eigenvalue weighted by atomic mass is 10.00. The van der Waals surface area contributed by atoms with Crippen LogP contribution >= 0.6 is 0 Å². The molecule has 1 fully saturated rings. The summed E-state index contributed by atoms with van der Waals surface area (Å²) in [6, 6.07) is 8.15. The topological polar surface area (TPSA) is 110 Å². The Bertz CT molecular complexity index is 1190. The fourth-order valence-electron chi connectivity index (χ4n) is 4.09. The van der Waals surface area contributed by atoms with Crippen LogP contribution in [0.1, 0.15) is 71.0 Å². The molecule has 9 nitrogen and oxygen atoms in total. The van der Waals surface area contributed by atoms with E-state index in [1.54, 1.807) is 4.90 Å². The van der Waals surface area contributed by atoms with Crippen LogP contribution in [0, 0.1) is 0 Å². The van der Waals surface area contributed by atoms with E-state index in [0.29, 0.717) is 25.8 Å².